The van der Waals surface area contributed by atoms with Crippen molar-refractivity contribution in [3.63, 3.8) is 0 Å². The van der Waals surface area contributed by atoms with E-state index in [1.807, 2.05) is 0 Å². The Balaban J connectivity index is 4.10. The zero-order chi connectivity index (χ0) is 38.7. The quantitative estimate of drug-likeness (QED) is 0.0367. The predicted octanol–water partition coefficient (Wildman–Crippen LogP) is 11.0. The van der Waals surface area contributed by atoms with E-state index in [-0.39, 0.29) is 0 Å². The largest absolute Gasteiger partial charge is 0.390 e. The van der Waals surface area contributed by atoms with Gasteiger partial charge in [0.15, 0.2) is 0 Å². The van der Waals surface area contributed by atoms with Gasteiger partial charge in [-0.15, -0.1) is 0 Å². The molecule has 0 heterocycles. The smallest absolute Gasteiger partial charge is 0.0789 e. The van der Waals surface area contributed by atoms with E-state index in [0.29, 0.717) is 26.2 Å². The number of unbranched alkanes of at least 4 members (excludes halogenated alkanes) is 20. The van der Waals surface area contributed by atoms with Crippen LogP contribution in [0.2, 0.25) is 0 Å². The number of nitrogens with two attached hydrogens (primary N) is 2. The zero-order valence-electron chi connectivity index (χ0n) is 35.5. The summed E-state index contributed by atoms with van der Waals surface area (Å²) >= 11 is 0. The molecule has 0 aliphatic rings. The fourth-order valence-electron chi connectivity index (χ4n) is 6.83. The zero-order valence-corrected chi connectivity index (χ0v) is 35.5. The van der Waals surface area contributed by atoms with E-state index in [9.17, 15) is 10.2 Å². The van der Waals surface area contributed by atoms with Gasteiger partial charge in [0.1, 0.15) is 0 Å². The first kappa shape index (κ1) is 51.7. The van der Waals surface area contributed by atoms with Gasteiger partial charge in [-0.05, 0) is 116 Å². The Morgan fingerprint density at radius 2 is 0.642 bits per heavy atom. The fourth-order valence-corrected chi connectivity index (χ4v) is 6.83. The van der Waals surface area contributed by atoms with Crippen molar-refractivity contribution in [2.75, 3.05) is 52.4 Å². The molecule has 6 nitrogen and oxygen atoms in total. The van der Waals surface area contributed by atoms with Crippen LogP contribution in [0.3, 0.4) is 0 Å². The summed E-state index contributed by atoms with van der Waals surface area (Å²) in [6.07, 6.45) is 51.6. The molecule has 6 heteroatoms. The van der Waals surface area contributed by atoms with Crippen LogP contribution in [-0.4, -0.2) is 84.6 Å². The van der Waals surface area contributed by atoms with E-state index in [4.69, 9.17) is 11.5 Å². The molecule has 0 saturated carbocycles. The first-order valence-corrected chi connectivity index (χ1v) is 22.9. The number of hydrogen-bond acceptors (Lipinski definition) is 6. The van der Waals surface area contributed by atoms with Crippen molar-refractivity contribution in [2.24, 2.45) is 11.5 Å². The first-order valence-electron chi connectivity index (χ1n) is 22.9. The fraction of sp³-hybridized carbons (Fsp3) is 0.830. The molecule has 0 rings (SSSR count). The molecule has 0 amide bonds. The monoisotopic (exact) mass is 745 g/mol. The normalized spacial score (nSPS) is 13.7. The average molecular weight is 745 g/mol. The molecule has 6 N–H and O–H groups in total. The van der Waals surface area contributed by atoms with Gasteiger partial charge >= 0.3 is 0 Å². The Kier molecular flexibility index (Phi) is 42.4. The van der Waals surface area contributed by atoms with E-state index in [1.165, 1.54) is 141 Å². The second-order valence-corrected chi connectivity index (χ2v) is 15.6. The molecule has 2 unspecified atom stereocenters. The molecule has 0 aliphatic heterocycles. The summed E-state index contributed by atoms with van der Waals surface area (Å²) in [7, 11) is 0. The number of allylic oxidation sites excluding steroid dienone is 8. The van der Waals surface area contributed by atoms with Crippen molar-refractivity contribution in [1.29, 1.82) is 0 Å². The van der Waals surface area contributed by atoms with E-state index < -0.39 is 12.2 Å². The average Bonchev–Trinajstić information content (AvgIpc) is 3.16. The highest BCUT2D eigenvalue weighted by atomic mass is 16.3. The minimum atomic E-state index is -0.443. The van der Waals surface area contributed by atoms with Gasteiger partial charge in [-0.25, -0.2) is 0 Å². The lowest BCUT2D eigenvalue weighted by Gasteiger charge is -2.26. The molecule has 0 aliphatic carbocycles. The first-order chi connectivity index (χ1) is 26.1. The van der Waals surface area contributed by atoms with E-state index >= 15 is 0 Å². The summed E-state index contributed by atoms with van der Waals surface area (Å²) in [6, 6.07) is 0. The van der Waals surface area contributed by atoms with Crippen LogP contribution in [0.1, 0.15) is 187 Å². The summed E-state index contributed by atoms with van der Waals surface area (Å²) < 4.78 is 0. The second kappa shape index (κ2) is 43.4. The predicted molar refractivity (Wildman–Crippen MR) is 236 cm³/mol. The molecule has 0 aromatic carbocycles. The van der Waals surface area contributed by atoms with Gasteiger partial charge in [-0.3, -0.25) is 0 Å². The number of rotatable bonds is 42. The third kappa shape index (κ3) is 40.2. The maximum Gasteiger partial charge on any atom is 0.0789 e. The lowest BCUT2D eigenvalue weighted by atomic mass is 10.1. The van der Waals surface area contributed by atoms with Crippen molar-refractivity contribution in [3.8, 4) is 0 Å². The van der Waals surface area contributed by atoms with Crippen LogP contribution < -0.4 is 11.5 Å². The highest BCUT2D eigenvalue weighted by Gasteiger charge is 2.12. The summed E-state index contributed by atoms with van der Waals surface area (Å²) in [5.41, 5.74) is 11.5. The highest BCUT2D eigenvalue weighted by molar-refractivity contribution is 4.93. The molecule has 0 saturated heterocycles. The summed E-state index contributed by atoms with van der Waals surface area (Å²) in [4.78, 5) is 4.86. The van der Waals surface area contributed by atoms with E-state index in [0.717, 1.165) is 58.3 Å². The number of nitrogens with zero attached hydrogens (tertiary/aromatic N) is 2. The maximum absolute atomic E-state index is 10.3. The number of aliphatic hydroxyl groups is 2. The minimum Gasteiger partial charge on any atom is -0.390 e. The van der Waals surface area contributed by atoms with Gasteiger partial charge in [0, 0.05) is 26.2 Å². The van der Waals surface area contributed by atoms with Crippen LogP contribution in [-0.2, 0) is 0 Å². The van der Waals surface area contributed by atoms with Crippen LogP contribution in [0.5, 0.6) is 0 Å². The molecule has 0 aromatic rings. The van der Waals surface area contributed by atoms with Crippen LogP contribution in [0.15, 0.2) is 48.6 Å². The molecule has 0 aromatic heterocycles. The Bertz CT molecular complexity index is 763. The molecule has 2 atom stereocenters. The Morgan fingerprint density at radius 3 is 0.943 bits per heavy atom. The van der Waals surface area contributed by atoms with Crippen LogP contribution in [0.25, 0.3) is 0 Å². The van der Waals surface area contributed by atoms with E-state index in [1.54, 1.807) is 0 Å². The number of hydrogen-bond donors (Lipinski definition) is 4. The van der Waals surface area contributed by atoms with Gasteiger partial charge < -0.3 is 31.5 Å². The topological polar surface area (TPSA) is 99.0 Å². The maximum atomic E-state index is 10.3. The standard InChI is InChI=1S/C47H92N4O2/c1-3-5-7-9-11-13-15-17-19-21-23-25-27-29-31-34-38-50(44-46(52)42-48)40-36-33-37-41-51(45-47(53)43-49)39-35-32-30-28-26-24-22-20-18-16-14-12-10-8-6-4-2/h11-14,17-20,46-47,52-53H,3-10,15-16,21-45,48-49H2,1-2H3/b13-11-,14-12+,19-17+,20-18-. The van der Waals surface area contributed by atoms with Gasteiger partial charge in [0.2, 0.25) is 0 Å². The lowest BCUT2D eigenvalue weighted by Crippen LogP contribution is -2.38. The number of aliphatic hydroxyl groups excluding tert-OH is 2. The molecular weight excluding hydrogens is 653 g/mol. The van der Waals surface area contributed by atoms with Gasteiger partial charge in [0.05, 0.1) is 12.2 Å². The van der Waals surface area contributed by atoms with Crippen molar-refractivity contribution >= 4 is 0 Å². The molecule has 0 fully saturated rings. The van der Waals surface area contributed by atoms with E-state index in [2.05, 4.69) is 72.3 Å². The molecule has 0 spiro atoms. The van der Waals surface area contributed by atoms with Gasteiger partial charge in [-0.1, -0.05) is 146 Å². The van der Waals surface area contributed by atoms with Crippen molar-refractivity contribution < 1.29 is 10.2 Å². The molecule has 0 bridgehead atoms. The highest BCUT2D eigenvalue weighted by Crippen LogP contribution is 2.12. The molecule has 312 valence electrons. The van der Waals surface area contributed by atoms with Crippen LogP contribution in [0, 0.1) is 0 Å². The Morgan fingerprint density at radius 1 is 0.377 bits per heavy atom. The molecule has 0 radical (unpaired) electrons. The van der Waals surface area contributed by atoms with Crippen molar-refractivity contribution in [3.05, 3.63) is 48.6 Å². The summed E-state index contributed by atoms with van der Waals surface area (Å²) in [5, 5.41) is 20.5. The SMILES string of the molecule is CCCCC/C=C\C/C=C/CCCCCCCCN(CCCCCN(CCCCCCCC/C=C\C/C=C/CCCCC)CC(O)CN)CC(O)CN. The summed E-state index contributed by atoms with van der Waals surface area (Å²) in [6.45, 7) is 10.7. The molecular formula is C47H92N4O2. The van der Waals surface area contributed by atoms with Crippen molar-refractivity contribution in [1.82, 2.24) is 9.80 Å². The van der Waals surface area contributed by atoms with Gasteiger partial charge in [0.25, 0.3) is 0 Å². The lowest BCUT2D eigenvalue weighted by molar-refractivity contribution is 0.111. The van der Waals surface area contributed by atoms with Gasteiger partial charge in [-0.2, -0.15) is 0 Å². The van der Waals surface area contributed by atoms with Crippen LogP contribution >= 0.6 is 0 Å². The third-order valence-corrected chi connectivity index (χ3v) is 10.3. The van der Waals surface area contributed by atoms with Crippen molar-refractivity contribution in [2.45, 2.75) is 199 Å². The second-order valence-electron chi connectivity index (χ2n) is 15.6. The van der Waals surface area contributed by atoms with Crippen LogP contribution in [0.4, 0.5) is 0 Å². The minimum absolute atomic E-state index is 0.327. The third-order valence-electron chi connectivity index (χ3n) is 10.3. The molecule has 53 heavy (non-hydrogen) atoms. The Labute approximate surface area is 331 Å². The Hall–Kier alpha value is -1.28. The summed E-state index contributed by atoms with van der Waals surface area (Å²) in [5.74, 6) is 0.